The number of para-hydroxylation sites is 1. The lowest BCUT2D eigenvalue weighted by molar-refractivity contribution is -0.143. The second-order valence-electron chi connectivity index (χ2n) is 8.92. The van der Waals surface area contributed by atoms with Crippen molar-refractivity contribution in [2.45, 2.75) is 56.7 Å². The summed E-state index contributed by atoms with van der Waals surface area (Å²) in [7, 11) is 0. The number of hydrogen-bond acceptors (Lipinski definition) is 3. The minimum absolute atomic E-state index is 0.0200. The van der Waals surface area contributed by atoms with Gasteiger partial charge in [0, 0.05) is 35.7 Å². The average molecular weight is 436 g/mol. The molecular formula is C25H25FN2O4. The molecule has 0 bridgehead atoms. The third-order valence-electron chi connectivity index (χ3n) is 6.91. The number of amides is 2. The topological polar surface area (TPSA) is 77.9 Å². The lowest BCUT2D eigenvalue weighted by atomic mass is 9.67. The Morgan fingerprint density at radius 3 is 2.44 bits per heavy atom. The number of rotatable bonds is 6. The standard InChI is InChI=1S/C25H25FN2O4/c26-16-5-3-4-15(14-16)25(32)28-20-7-2-1-6-18(20)24(19-10-11-21(19)28)27(17-8-9-17)22(29)12-13-23(30)31/h1-7,14,17,19,21,24H,8-13H2,(H,30,31)/t19-,21+,24-/m0/s1. The fraction of sp³-hybridized carbons (Fsp3) is 0.400. The van der Waals surface area contributed by atoms with E-state index in [-0.39, 0.29) is 48.7 Å². The number of carbonyl (C=O) groups is 3. The van der Waals surface area contributed by atoms with Crippen LogP contribution in [0.25, 0.3) is 0 Å². The molecule has 3 aliphatic rings. The average Bonchev–Trinajstić information content (AvgIpc) is 3.58. The zero-order valence-corrected chi connectivity index (χ0v) is 17.6. The molecule has 0 spiro atoms. The highest BCUT2D eigenvalue weighted by Crippen LogP contribution is 2.54. The van der Waals surface area contributed by atoms with E-state index >= 15 is 0 Å². The molecule has 1 heterocycles. The Kier molecular flexibility index (Phi) is 5.19. The molecule has 6 nitrogen and oxygen atoms in total. The van der Waals surface area contributed by atoms with Gasteiger partial charge in [0.15, 0.2) is 0 Å². The second-order valence-corrected chi connectivity index (χ2v) is 8.92. The summed E-state index contributed by atoms with van der Waals surface area (Å²) >= 11 is 0. The normalized spacial score (nSPS) is 23.5. The summed E-state index contributed by atoms with van der Waals surface area (Å²) in [5.74, 6) is -1.72. The summed E-state index contributed by atoms with van der Waals surface area (Å²) in [4.78, 5) is 41.3. The maximum Gasteiger partial charge on any atom is 0.303 e. The molecule has 1 aliphatic heterocycles. The maximum atomic E-state index is 13.8. The van der Waals surface area contributed by atoms with Gasteiger partial charge in [-0.25, -0.2) is 4.39 Å². The molecule has 3 atom stereocenters. The van der Waals surface area contributed by atoms with Crippen LogP contribution in [0, 0.1) is 11.7 Å². The smallest absolute Gasteiger partial charge is 0.303 e. The number of fused-ring (bicyclic) bond motifs is 2. The number of hydrogen-bond donors (Lipinski definition) is 1. The van der Waals surface area contributed by atoms with Crippen molar-refractivity contribution in [2.75, 3.05) is 4.90 Å². The number of aliphatic carboxylic acids is 1. The number of halogens is 1. The van der Waals surface area contributed by atoms with Gasteiger partial charge in [-0.05, 0) is 55.5 Å². The molecule has 0 saturated heterocycles. The highest BCUT2D eigenvalue weighted by Gasteiger charge is 2.53. The molecule has 7 heteroatoms. The van der Waals surface area contributed by atoms with Gasteiger partial charge in [-0.1, -0.05) is 24.3 Å². The Hall–Kier alpha value is -3.22. The molecule has 0 radical (unpaired) electrons. The van der Waals surface area contributed by atoms with Crippen LogP contribution in [-0.4, -0.2) is 39.9 Å². The number of carbonyl (C=O) groups excluding carboxylic acids is 2. The van der Waals surface area contributed by atoms with Gasteiger partial charge in [0.25, 0.3) is 5.91 Å². The van der Waals surface area contributed by atoms with Crippen LogP contribution in [0.15, 0.2) is 48.5 Å². The molecule has 5 rings (SSSR count). The second kappa shape index (κ2) is 8.04. The van der Waals surface area contributed by atoms with E-state index in [1.165, 1.54) is 18.2 Å². The number of anilines is 1. The van der Waals surface area contributed by atoms with Crippen LogP contribution in [0.5, 0.6) is 0 Å². The lowest BCUT2D eigenvalue weighted by Gasteiger charge is -2.55. The van der Waals surface area contributed by atoms with E-state index in [4.69, 9.17) is 5.11 Å². The molecule has 0 aromatic heterocycles. The van der Waals surface area contributed by atoms with Gasteiger partial charge in [0.05, 0.1) is 12.5 Å². The summed E-state index contributed by atoms with van der Waals surface area (Å²) in [5.41, 5.74) is 1.97. The molecule has 2 fully saturated rings. The Bertz CT molecular complexity index is 1080. The van der Waals surface area contributed by atoms with Crippen molar-refractivity contribution in [1.29, 1.82) is 0 Å². The van der Waals surface area contributed by atoms with Crippen LogP contribution in [0.4, 0.5) is 10.1 Å². The summed E-state index contributed by atoms with van der Waals surface area (Å²) in [6.07, 6.45) is 3.33. The quantitative estimate of drug-likeness (QED) is 0.738. The van der Waals surface area contributed by atoms with Gasteiger partial charge < -0.3 is 14.9 Å². The van der Waals surface area contributed by atoms with Gasteiger partial charge in [0.2, 0.25) is 5.91 Å². The highest BCUT2D eigenvalue weighted by molar-refractivity contribution is 6.07. The van der Waals surface area contributed by atoms with Crippen molar-refractivity contribution in [3.8, 4) is 0 Å². The van der Waals surface area contributed by atoms with Crippen molar-refractivity contribution < 1.29 is 23.9 Å². The summed E-state index contributed by atoms with van der Waals surface area (Å²) < 4.78 is 13.8. The fourth-order valence-corrected chi connectivity index (χ4v) is 5.22. The van der Waals surface area contributed by atoms with Crippen molar-refractivity contribution in [1.82, 2.24) is 4.90 Å². The summed E-state index contributed by atoms with van der Waals surface area (Å²) in [6.45, 7) is 0. The van der Waals surface area contributed by atoms with E-state index in [1.54, 1.807) is 11.0 Å². The summed E-state index contributed by atoms with van der Waals surface area (Å²) in [6, 6.07) is 13.2. The van der Waals surface area contributed by atoms with Crippen LogP contribution in [0.2, 0.25) is 0 Å². The van der Waals surface area contributed by atoms with Crippen molar-refractivity contribution in [3.05, 3.63) is 65.5 Å². The fourth-order valence-electron chi connectivity index (χ4n) is 5.22. The number of benzene rings is 2. The SMILES string of the molecule is O=C(O)CCC(=O)N(C1CC1)[C@H]1c2ccccc2N(C(=O)c2cccc(F)c2)[C@@H]2CC[C@@H]21. The monoisotopic (exact) mass is 436 g/mol. The first-order valence-electron chi connectivity index (χ1n) is 11.2. The predicted molar refractivity (Wildman–Crippen MR) is 116 cm³/mol. The van der Waals surface area contributed by atoms with E-state index in [1.807, 2.05) is 29.2 Å². The Balaban J connectivity index is 1.53. The Labute approximate surface area is 185 Å². The molecule has 0 unspecified atom stereocenters. The predicted octanol–water partition coefficient (Wildman–Crippen LogP) is 4.16. The first kappa shape index (κ1) is 20.7. The maximum absolute atomic E-state index is 13.8. The highest BCUT2D eigenvalue weighted by atomic mass is 19.1. The van der Waals surface area contributed by atoms with Crippen LogP contribution in [0.3, 0.4) is 0 Å². The van der Waals surface area contributed by atoms with Gasteiger partial charge in [-0.2, -0.15) is 0 Å². The number of carboxylic acid groups (broad SMARTS) is 1. The van der Waals surface area contributed by atoms with Crippen molar-refractivity contribution in [3.63, 3.8) is 0 Å². The molecule has 1 N–H and O–H groups in total. The van der Waals surface area contributed by atoms with Gasteiger partial charge in [-0.3, -0.25) is 14.4 Å². The Morgan fingerprint density at radius 2 is 1.78 bits per heavy atom. The van der Waals surface area contributed by atoms with Crippen LogP contribution >= 0.6 is 0 Å². The first-order valence-corrected chi connectivity index (χ1v) is 11.2. The van der Waals surface area contributed by atoms with E-state index < -0.39 is 11.8 Å². The minimum Gasteiger partial charge on any atom is -0.481 e. The zero-order chi connectivity index (χ0) is 22.4. The molecule has 2 aromatic rings. The lowest BCUT2D eigenvalue weighted by Crippen LogP contribution is -2.59. The summed E-state index contributed by atoms with van der Waals surface area (Å²) in [5, 5.41) is 9.05. The molecule has 2 aromatic carbocycles. The third kappa shape index (κ3) is 3.55. The number of nitrogens with zero attached hydrogens (tertiary/aromatic N) is 2. The largest absolute Gasteiger partial charge is 0.481 e. The number of carboxylic acids is 1. The van der Waals surface area contributed by atoms with E-state index in [2.05, 4.69) is 0 Å². The molecule has 166 valence electrons. The zero-order valence-electron chi connectivity index (χ0n) is 17.6. The van der Waals surface area contributed by atoms with Gasteiger partial charge in [0.1, 0.15) is 5.82 Å². The first-order chi connectivity index (χ1) is 15.5. The molecule has 2 aliphatic carbocycles. The van der Waals surface area contributed by atoms with Gasteiger partial charge in [-0.15, -0.1) is 0 Å². The van der Waals surface area contributed by atoms with Crippen LogP contribution in [-0.2, 0) is 9.59 Å². The van der Waals surface area contributed by atoms with E-state index in [0.717, 1.165) is 36.9 Å². The van der Waals surface area contributed by atoms with Gasteiger partial charge >= 0.3 is 5.97 Å². The van der Waals surface area contributed by atoms with E-state index in [9.17, 15) is 18.8 Å². The van der Waals surface area contributed by atoms with Crippen LogP contribution < -0.4 is 4.90 Å². The molecule has 2 amide bonds. The Morgan fingerprint density at radius 1 is 1.00 bits per heavy atom. The molecule has 2 saturated carbocycles. The molecule has 32 heavy (non-hydrogen) atoms. The van der Waals surface area contributed by atoms with E-state index in [0.29, 0.717) is 5.56 Å². The van der Waals surface area contributed by atoms with Crippen LogP contribution in [0.1, 0.15) is 60.5 Å². The molecular weight excluding hydrogens is 411 g/mol. The van der Waals surface area contributed by atoms with Crippen molar-refractivity contribution in [2.24, 2.45) is 5.92 Å². The third-order valence-corrected chi connectivity index (χ3v) is 6.91. The van der Waals surface area contributed by atoms with Crippen molar-refractivity contribution >= 4 is 23.5 Å². The minimum atomic E-state index is -0.980.